The monoisotopic (exact) mass is 282 g/mol. The second-order valence-electron chi connectivity index (χ2n) is 4.84. The molecule has 0 heterocycles. The lowest BCUT2D eigenvalue weighted by molar-refractivity contribution is -0.124. The topological polar surface area (TPSA) is 81.4 Å². The lowest BCUT2D eigenvalue weighted by Crippen LogP contribution is -2.30. The number of rotatable bonds is 6. The van der Waals surface area contributed by atoms with Gasteiger partial charge in [-0.2, -0.15) is 0 Å². The molecule has 6 heteroatoms. The normalized spacial score (nSPS) is 10.4. The van der Waals surface area contributed by atoms with Gasteiger partial charge < -0.3 is 15.8 Å². The zero-order chi connectivity index (χ0) is 15.1. The SMILES string of the molecule is CC(C)CCNC(=O)COC(=O)c1ccc(F)c(N)c1. The van der Waals surface area contributed by atoms with Gasteiger partial charge >= 0.3 is 5.97 Å². The number of nitrogens with two attached hydrogens (primary N) is 1. The fraction of sp³-hybridized carbons (Fsp3) is 0.429. The van der Waals surface area contributed by atoms with Crippen molar-refractivity contribution in [2.75, 3.05) is 18.9 Å². The number of carbonyl (C=O) groups excluding carboxylic acids is 2. The largest absolute Gasteiger partial charge is 0.452 e. The standard InChI is InChI=1S/C14H19FN2O3/c1-9(2)5-6-17-13(18)8-20-14(19)10-3-4-11(15)12(16)7-10/h3-4,7,9H,5-6,8,16H2,1-2H3,(H,17,18). The van der Waals surface area contributed by atoms with E-state index in [2.05, 4.69) is 5.32 Å². The van der Waals surface area contributed by atoms with Crippen molar-refractivity contribution in [2.24, 2.45) is 5.92 Å². The molecule has 1 aromatic carbocycles. The van der Waals surface area contributed by atoms with E-state index < -0.39 is 11.8 Å². The third kappa shape index (κ3) is 5.26. The van der Waals surface area contributed by atoms with Crippen molar-refractivity contribution in [2.45, 2.75) is 20.3 Å². The zero-order valence-corrected chi connectivity index (χ0v) is 11.6. The van der Waals surface area contributed by atoms with Gasteiger partial charge in [0.25, 0.3) is 5.91 Å². The van der Waals surface area contributed by atoms with Crippen LogP contribution in [0.4, 0.5) is 10.1 Å². The maximum atomic E-state index is 12.9. The zero-order valence-electron chi connectivity index (χ0n) is 11.6. The van der Waals surface area contributed by atoms with E-state index in [1.54, 1.807) is 0 Å². The van der Waals surface area contributed by atoms with Crippen LogP contribution < -0.4 is 11.1 Å². The first kappa shape index (κ1) is 15.9. The summed E-state index contributed by atoms with van der Waals surface area (Å²) in [6.07, 6.45) is 0.855. The molecular weight excluding hydrogens is 263 g/mol. The Balaban J connectivity index is 2.39. The smallest absolute Gasteiger partial charge is 0.338 e. The molecule has 3 N–H and O–H groups in total. The van der Waals surface area contributed by atoms with Gasteiger partial charge in [-0.1, -0.05) is 13.8 Å². The van der Waals surface area contributed by atoms with Crippen molar-refractivity contribution in [1.29, 1.82) is 0 Å². The molecule has 0 saturated carbocycles. The van der Waals surface area contributed by atoms with Gasteiger partial charge in [0, 0.05) is 6.54 Å². The second-order valence-corrected chi connectivity index (χ2v) is 4.84. The van der Waals surface area contributed by atoms with E-state index in [1.165, 1.54) is 12.1 Å². The molecule has 0 unspecified atom stereocenters. The van der Waals surface area contributed by atoms with Gasteiger partial charge in [-0.15, -0.1) is 0 Å². The minimum atomic E-state index is -0.712. The Morgan fingerprint density at radius 3 is 2.70 bits per heavy atom. The number of nitrogens with one attached hydrogen (secondary N) is 1. The molecule has 5 nitrogen and oxygen atoms in total. The first-order valence-corrected chi connectivity index (χ1v) is 6.39. The van der Waals surface area contributed by atoms with Gasteiger partial charge in [-0.3, -0.25) is 4.79 Å². The summed E-state index contributed by atoms with van der Waals surface area (Å²) in [5, 5.41) is 2.64. The minimum Gasteiger partial charge on any atom is -0.452 e. The third-order valence-electron chi connectivity index (χ3n) is 2.61. The highest BCUT2D eigenvalue weighted by Crippen LogP contribution is 2.12. The molecule has 20 heavy (non-hydrogen) atoms. The van der Waals surface area contributed by atoms with Crippen LogP contribution in [0, 0.1) is 11.7 Å². The summed E-state index contributed by atoms with van der Waals surface area (Å²) < 4.78 is 17.8. The van der Waals surface area contributed by atoms with Crippen molar-refractivity contribution in [1.82, 2.24) is 5.32 Å². The number of carbonyl (C=O) groups is 2. The highest BCUT2D eigenvalue weighted by Gasteiger charge is 2.11. The number of nitrogen functional groups attached to an aromatic ring is 1. The molecule has 0 radical (unpaired) electrons. The molecule has 1 aromatic rings. The number of anilines is 1. The van der Waals surface area contributed by atoms with E-state index in [4.69, 9.17) is 10.5 Å². The number of ether oxygens (including phenoxy) is 1. The van der Waals surface area contributed by atoms with Crippen LogP contribution in [-0.4, -0.2) is 25.0 Å². The van der Waals surface area contributed by atoms with E-state index >= 15 is 0 Å². The number of amides is 1. The number of halogens is 1. The molecule has 0 atom stereocenters. The average Bonchev–Trinajstić information content (AvgIpc) is 2.38. The molecule has 110 valence electrons. The molecule has 0 aromatic heterocycles. The van der Waals surface area contributed by atoms with Gasteiger partial charge in [-0.25, -0.2) is 9.18 Å². The van der Waals surface area contributed by atoms with Gasteiger partial charge in [0.15, 0.2) is 6.61 Å². The Labute approximate surface area is 117 Å². The average molecular weight is 282 g/mol. The number of esters is 1. The summed E-state index contributed by atoms with van der Waals surface area (Å²) in [6.45, 7) is 4.27. The predicted molar refractivity (Wildman–Crippen MR) is 73.6 cm³/mol. The Morgan fingerprint density at radius 2 is 2.10 bits per heavy atom. The first-order valence-electron chi connectivity index (χ1n) is 6.39. The molecule has 1 amide bonds. The first-order chi connectivity index (χ1) is 9.40. The van der Waals surface area contributed by atoms with Gasteiger partial charge in [0.05, 0.1) is 11.3 Å². The maximum Gasteiger partial charge on any atom is 0.338 e. The lowest BCUT2D eigenvalue weighted by Gasteiger charge is -2.08. The molecule has 0 saturated heterocycles. The second kappa shape index (κ2) is 7.47. The van der Waals surface area contributed by atoms with Crippen LogP contribution in [0.5, 0.6) is 0 Å². The Morgan fingerprint density at radius 1 is 1.40 bits per heavy atom. The molecular formula is C14H19FN2O3. The summed E-state index contributed by atoms with van der Waals surface area (Å²) in [5.41, 5.74) is 5.32. The minimum absolute atomic E-state index is 0.110. The van der Waals surface area contributed by atoms with E-state index in [1.807, 2.05) is 13.8 Å². The maximum absolute atomic E-state index is 12.9. The van der Waals surface area contributed by atoms with E-state index in [9.17, 15) is 14.0 Å². The van der Waals surface area contributed by atoms with Crippen LogP contribution in [-0.2, 0) is 9.53 Å². The van der Waals surface area contributed by atoms with Crippen molar-refractivity contribution >= 4 is 17.6 Å². The molecule has 1 rings (SSSR count). The quantitative estimate of drug-likeness (QED) is 0.615. The van der Waals surface area contributed by atoms with Crippen molar-refractivity contribution in [3.05, 3.63) is 29.6 Å². The molecule has 0 aliphatic carbocycles. The summed E-state index contributed by atoms with van der Waals surface area (Å²) >= 11 is 0. The Hall–Kier alpha value is -2.11. The summed E-state index contributed by atoms with van der Waals surface area (Å²) in [5.74, 6) is -1.20. The highest BCUT2D eigenvalue weighted by molar-refractivity contribution is 5.92. The van der Waals surface area contributed by atoms with Crippen LogP contribution in [0.25, 0.3) is 0 Å². The predicted octanol–water partition coefficient (Wildman–Crippen LogP) is 1.73. The van der Waals surface area contributed by atoms with E-state index in [0.29, 0.717) is 12.5 Å². The van der Waals surface area contributed by atoms with Crippen molar-refractivity contribution in [3.63, 3.8) is 0 Å². The fourth-order valence-corrected chi connectivity index (χ4v) is 1.44. The summed E-state index contributed by atoms with van der Waals surface area (Å²) in [7, 11) is 0. The number of benzene rings is 1. The fourth-order valence-electron chi connectivity index (χ4n) is 1.44. The lowest BCUT2D eigenvalue weighted by atomic mass is 10.1. The van der Waals surface area contributed by atoms with Crippen LogP contribution >= 0.6 is 0 Å². The van der Waals surface area contributed by atoms with Gasteiger partial charge in [0.2, 0.25) is 0 Å². The summed E-state index contributed by atoms with van der Waals surface area (Å²) in [6, 6.07) is 3.51. The van der Waals surface area contributed by atoms with E-state index in [0.717, 1.165) is 12.5 Å². The molecule has 0 spiro atoms. The number of hydrogen-bond donors (Lipinski definition) is 2. The molecule has 0 aliphatic rings. The Kier molecular flexibility index (Phi) is 5.96. The molecule has 0 bridgehead atoms. The van der Waals surface area contributed by atoms with Crippen LogP contribution in [0.15, 0.2) is 18.2 Å². The van der Waals surface area contributed by atoms with Crippen LogP contribution in [0.2, 0.25) is 0 Å². The third-order valence-corrected chi connectivity index (χ3v) is 2.61. The number of hydrogen-bond acceptors (Lipinski definition) is 4. The van der Waals surface area contributed by atoms with Crippen molar-refractivity contribution in [3.8, 4) is 0 Å². The van der Waals surface area contributed by atoms with Gasteiger partial charge in [0.1, 0.15) is 5.82 Å². The van der Waals surface area contributed by atoms with Gasteiger partial charge in [-0.05, 0) is 30.5 Å². The highest BCUT2D eigenvalue weighted by atomic mass is 19.1. The Bertz CT molecular complexity index is 489. The van der Waals surface area contributed by atoms with Crippen LogP contribution in [0.1, 0.15) is 30.6 Å². The molecule has 0 aliphatic heterocycles. The summed E-state index contributed by atoms with van der Waals surface area (Å²) in [4.78, 5) is 23.0. The van der Waals surface area contributed by atoms with Crippen LogP contribution in [0.3, 0.4) is 0 Å². The van der Waals surface area contributed by atoms with E-state index in [-0.39, 0.29) is 23.8 Å². The molecule has 0 fully saturated rings. The van der Waals surface area contributed by atoms with Crippen molar-refractivity contribution < 1.29 is 18.7 Å².